The number of methoxy groups -OCH3 is 1. The minimum Gasteiger partial charge on any atom is -0.550 e. The molecule has 1 fully saturated rings. The van der Waals surface area contributed by atoms with E-state index in [0.717, 1.165) is 16.3 Å². The first kappa shape index (κ1) is 14.4. The number of hydrogen-bond acceptors (Lipinski definition) is 4. The van der Waals surface area contributed by atoms with Crippen LogP contribution in [0.4, 0.5) is 0 Å². The molecule has 1 saturated heterocycles. The molecule has 1 aliphatic heterocycles. The Hall–Kier alpha value is -2.56. The first-order valence-corrected chi connectivity index (χ1v) is 7.13. The molecule has 0 bridgehead atoms. The number of amides is 1. The van der Waals surface area contributed by atoms with Gasteiger partial charge in [0, 0.05) is 37.0 Å². The summed E-state index contributed by atoms with van der Waals surface area (Å²) in [7, 11) is 1.59. The lowest BCUT2D eigenvalue weighted by Gasteiger charge is -2.20. The lowest BCUT2D eigenvalue weighted by atomic mass is 10.0. The van der Waals surface area contributed by atoms with Crippen molar-refractivity contribution in [2.75, 3.05) is 13.7 Å². The zero-order chi connectivity index (χ0) is 15.7. The highest BCUT2D eigenvalue weighted by Crippen LogP contribution is 2.31. The van der Waals surface area contributed by atoms with E-state index in [-0.39, 0.29) is 18.9 Å². The van der Waals surface area contributed by atoms with Gasteiger partial charge in [0.25, 0.3) is 0 Å². The number of hydrogen-bond donors (Lipinski definition) is 0. The summed E-state index contributed by atoms with van der Waals surface area (Å²) in [5.41, 5.74) is 0.896. The van der Waals surface area contributed by atoms with Crippen LogP contribution in [0, 0.1) is 5.92 Å². The van der Waals surface area contributed by atoms with Gasteiger partial charge < -0.3 is 19.5 Å². The number of likely N-dealkylation sites (tertiary alicyclic amines) is 1. The van der Waals surface area contributed by atoms with Crippen molar-refractivity contribution in [3.05, 3.63) is 42.0 Å². The smallest absolute Gasteiger partial charge is 0.223 e. The van der Waals surface area contributed by atoms with E-state index in [4.69, 9.17) is 4.74 Å². The van der Waals surface area contributed by atoms with Gasteiger partial charge in [-0.3, -0.25) is 4.79 Å². The van der Waals surface area contributed by atoms with E-state index >= 15 is 0 Å². The fourth-order valence-corrected chi connectivity index (χ4v) is 2.94. The molecule has 1 atom stereocenters. The Balaban J connectivity index is 1.96. The Morgan fingerprint density at radius 2 is 2.09 bits per heavy atom. The minimum atomic E-state index is -1.17. The van der Waals surface area contributed by atoms with E-state index in [1.165, 1.54) is 0 Å². The van der Waals surface area contributed by atoms with E-state index in [0.29, 0.717) is 12.3 Å². The fraction of sp³-hybridized carbons (Fsp3) is 0.294. The van der Waals surface area contributed by atoms with E-state index in [9.17, 15) is 14.7 Å². The van der Waals surface area contributed by atoms with Gasteiger partial charge in [0.15, 0.2) is 0 Å². The van der Waals surface area contributed by atoms with Crippen molar-refractivity contribution in [2.45, 2.75) is 13.0 Å². The molecular formula is C17H16NO4-. The molecule has 2 aromatic rings. The standard InChI is InChI=1S/C17H17NO4/c1-22-15-7-6-11-4-2-3-5-13(11)14(15)10-18-9-12(17(20)21)8-16(18)19/h2-7,12H,8-10H2,1H3,(H,20,21)/p-1/t12-/m1/s1. The molecule has 0 aromatic heterocycles. The maximum atomic E-state index is 12.0. The van der Waals surface area contributed by atoms with Gasteiger partial charge >= 0.3 is 0 Å². The number of fused-ring (bicyclic) bond motifs is 1. The molecule has 3 rings (SSSR count). The monoisotopic (exact) mass is 298 g/mol. The number of nitrogens with zero attached hydrogens (tertiary/aromatic N) is 1. The van der Waals surface area contributed by atoms with Gasteiger partial charge in [0.2, 0.25) is 5.91 Å². The highest BCUT2D eigenvalue weighted by atomic mass is 16.5. The van der Waals surface area contributed by atoms with Crippen LogP contribution in [-0.2, 0) is 16.1 Å². The predicted molar refractivity (Wildman–Crippen MR) is 79.0 cm³/mol. The van der Waals surface area contributed by atoms with Crippen molar-refractivity contribution in [1.29, 1.82) is 0 Å². The number of carbonyl (C=O) groups is 2. The average Bonchev–Trinajstić information content (AvgIpc) is 2.89. The second-order valence-corrected chi connectivity index (χ2v) is 5.46. The number of ether oxygens (including phenoxy) is 1. The van der Waals surface area contributed by atoms with E-state index < -0.39 is 11.9 Å². The van der Waals surface area contributed by atoms with Crippen LogP contribution < -0.4 is 9.84 Å². The van der Waals surface area contributed by atoms with Crippen molar-refractivity contribution < 1.29 is 19.4 Å². The maximum absolute atomic E-state index is 12.0. The summed E-state index contributed by atoms with van der Waals surface area (Å²) in [5.74, 6) is -1.36. The minimum absolute atomic E-state index is 0.00934. The Morgan fingerprint density at radius 1 is 1.32 bits per heavy atom. The van der Waals surface area contributed by atoms with Crippen LogP contribution in [0.5, 0.6) is 5.75 Å². The summed E-state index contributed by atoms with van der Waals surface area (Å²) >= 11 is 0. The van der Waals surface area contributed by atoms with Crippen LogP contribution in [0.25, 0.3) is 10.8 Å². The van der Waals surface area contributed by atoms with E-state index in [1.807, 2.05) is 36.4 Å². The van der Waals surface area contributed by atoms with Gasteiger partial charge in [-0.25, -0.2) is 0 Å². The highest BCUT2D eigenvalue weighted by Gasteiger charge is 2.31. The van der Waals surface area contributed by atoms with Crippen LogP contribution in [0.15, 0.2) is 36.4 Å². The quantitative estimate of drug-likeness (QED) is 0.842. The molecule has 1 aliphatic rings. The Morgan fingerprint density at radius 3 is 2.77 bits per heavy atom. The normalized spacial score (nSPS) is 18.0. The molecule has 5 nitrogen and oxygen atoms in total. The molecule has 0 unspecified atom stereocenters. The summed E-state index contributed by atoms with van der Waals surface area (Å²) in [6.07, 6.45) is 0.00934. The maximum Gasteiger partial charge on any atom is 0.223 e. The molecule has 2 aromatic carbocycles. The number of carboxylic acids is 1. The van der Waals surface area contributed by atoms with Crippen LogP contribution in [0.3, 0.4) is 0 Å². The van der Waals surface area contributed by atoms with Gasteiger partial charge in [-0.15, -0.1) is 0 Å². The second kappa shape index (κ2) is 5.67. The summed E-state index contributed by atoms with van der Waals surface area (Å²) in [6.45, 7) is 0.528. The van der Waals surface area contributed by atoms with Crippen molar-refractivity contribution in [1.82, 2.24) is 4.90 Å². The number of aliphatic carboxylic acids is 1. The van der Waals surface area contributed by atoms with Crippen LogP contribution >= 0.6 is 0 Å². The van der Waals surface area contributed by atoms with Gasteiger partial charge in [-0.1, -0.05) is 30.3 Å². The SMILES string of the molecule is COc1ccc2ccccc2c1CN1C[C@H](C(=O)[O-])CC1=O. The molecule has 114 valence electrons. The molecular weight excluding hydrogens is 282 g/mol. The van der Waals surface area contributed by atoms with Crippen molar-refractivity contribution in [3.8, 4) is 5.75 Å². The second-order valence-electron chi connectivity index (χ2n) is 5.46. The first-order chi connectivity index (χ1) is 10.6. The number of carbonyl (C=O) groups excluding carboxylic acids is 2. The highest BCUT2D eigenvalue weighted by molar-refractivity contribution is 5.89. The Labute approximate surface area is 128 Å². The third-order valence-corrected chi connectivity index (χ3v) is 4.11. The molecule has 1 amide bonds. The van der Waals surface area contributed by atoms with Crippen molar-refractivity contribution >= 4 is 22.6 Å². The largest absolute Gasteiger partial charge is 0.550 e. The van der Waals surface area contributed by atoms with Crippen LogP contribution in [0.1, 0.15) is 12.0 Å². The molecule has 5 heteroatoms. The topological polar surface area (TPSA) is 69.7 Å². The van der Waals surface area contributed by atoms with Crippen molar-refractivity contribution in [2.24, 2.45) is 5.92 Å². The van der Waals surface area contributed by atoms with Crippen LogP contribution in [0.2, 0.25) is 0 Å². The average molecular weight is 298 g/mol. The van der Waals surface area contributed by atoms with Crippen LogP contribution in [-0.4, -0.2) is 30.4 Å². The molecule has 1 heterocycles. The van der Waals surface area contributed by atoms with E-state index in [2.05, 4.69) is 0 Å². The molecule has 0 radical (unpaired) electrons. The third kappa shape index (κ3) is 2.50. The van der Waals surface area contributed by atoms with Gasteiger partial charge in [-0.05, 0) is 16.8 Å². The Bertz CT molecular complexity index is 741. The summed E-state index contributed by atoms with van der Waals surface area (Å²) < 4.78 is 5.41. The molecule has 22 heavy (non-hydrogen) atoms. The third-order valence-electron chi connectivity index (χ3n) is 4.11. The zero-order valence-electron chi connectivity index (χ0n) is 12.2. The molecule has 0 aliphatic carbocycles. The van der Waals surface area contributed by atoms with Crippen molar-refractivity contribution in [3.63, 3.8) is 0 Å². The first-order valence-electron chi connectivity index (χ1n) is 7.13. The number of benzene rings is 2. The zero-order valence-corrected chi connectivity index (χ0v) is 12.2. The number of carboxylic acid groups (broad SMARTS) is 1. The Kier molecular flexibility index (Phi) is 3.71. The lowest BCUT2D eigenvalue weighted by molar-refractivity contribution is -0.311. The lowest BCUT2D eigenvalue weighted by Crippen LogP contribution is -2.33. The van der Waals surface area contributed by atoms with Gasteiger partial charge in [0.1, 0.15) is 5.75 Å². The summed E-state index contributed by atoms with van der Waals surface area (Å²) in [6, 6.07) is 11.7. The van der Waals surface area contributed by atoms with Gasteiger partial charge in [0.05, 0.1) is 7.11 Å². The van der Waals surface area contributed by atoms with Gasteiger partial charge in [-0.2, -0.15) is 0 Å². The fourth-order valence-electron chi connectivity index (χ4n) is 2.94. The predicted octanol–water partition coefficient (Wildman–Crippen LogP) is 0.947. The molecule has 0 N–H and O–H groups in total. The molecule has 0 saturated carbocycles. The number of rotatable bonds is 4. The molecule has 0 spiro atoms. The summed E-state index contributed by atoms with van der Waals surface area (Å²) in [4.78, 5) is 24.5. The summed E-state index contributed by atoms with van der Waals surface area (Å²) in [5, 5.41) is 13.0. The van der Waals surface area contributed by atoms with E-state index in [1.54, 1.807) is 12.0 Å².